The van der Waals surface area contributed by atoms with Gasteiger partial charge < -0.3 is 5.32 Å². The summed E-state index contributed by atoms with van der Waals surface area (Å²) < 4.78 is 0. The molecular weight excluding hydrogens is 286 g/mol. The second-order valence-corrected chi connectivity index (χ2v) is 6.86. The molecule has 6 heteroatoms. The van der Waals surface area contributed by atoms with Gasteiger partial charge in [0.05, 0.1) is 5.52 Å². The molecule has 1 N–H and O–H groups in total. The molecule has 1 fully saturated rings. The lowest BCUT2D eigenvalue weighted by Crippen LogP contribution is -2.40. The van der Waals surface area contributed by atoms with Crippen LogP contribution in [0.4, 0.5) is 5.82 Å². The number of nitrogens with zero attached hydrogens (tertiary/aromatic N) is 4. The number of pyridine rings is 1. The third kappa shape index (κ3) is 3.09. The summed E-state index contributed by atoms with van der Waals surface area (Å²) in [6, 6.07) is 3.99. The van der Waals surface area contributed by atoms with E-state index in [9.17, 15) is 0 Å². The molecule has 0 aliphatic carbocycles. The Morgan fingerprint density at radius 2 is 2.10 bits per heavy atom. The Bertz CT molecular complexity index is 652. The van der Waals surface area contributed by atoms with Gasteiger partial charge in [-0.2, -0.15) is 0 Å². The molecule has 0 aromatic carbocycles. The number of fused-ring (bicyclic) bond motifs is 1. The van der Waals surface area contributed by atoms with Crippen molar-refractivity contribution in [3.63, 3.8) is 0 Å². The summed E-state index contributed by atoms with van der Waals surface area (Å²) in [5.74, 6) is 0.767. The predicted molar refractivity (Wildman–Crippen MR) is 85.7 cm³/mol. The number of aromatic nitrogens is 3. The summed E-state index contributed by atoms with van der Waals surface area (Å²) in [5, 5.41) is 3.96. The third-order valence-corrected chi connectivity index (χ3v) is 4.14. The first-order valence-corrected chi connectivity index (χ1v) is 7.60. The van der Waals surface area contributed by atoms with E-state index < -0.39 is 0 Å². The van der Waals surface area contributed by atoms with Crippen molar-refractivity contribution in [1.82, 2.24) is 19.9 Å². The first-order chi connectivity index (χ1) is 9.93. The fraction of sp³-hybridized carbons (Fsp3) is 0.533. The topological polar surface area (TPSA) is 53.9 Å². The maximum absolute atomic E-state index is 5.99. The largest absolute Gasteiger partial charge is 0.364 e. The van der Waals surface area contributed by atoms with Crippen LogP contribution in [-0.4, -0.2) is 44.5 Å². The number of likely N-dealkylation sites (tertiary alicyclic amines) is 1. The fourth-order valence-electron chi connectivity index (χ4n) is 2.70. The number of hydrogen-bond donors (Lipinski definition) is 1. The maximum atomic E-state index is 5.99. The molecule has 112 valence electrons. The fourth-order valence-corrected chi connectivity index (χ4v) is 2.85. The van der Waals surface area contributed by atoms with E-state index in [0.29, 0.717) is 11.2 Å². The van der Waals surface area contributed by atoms with Crippen LogP contribution in [0.2, 0.25) is 5.15 Å². The normalized spacial score (nSPS) is 20.1. The maximum Gasteiger partial charge on any atom is 0.156 e. The lowest BCUT2D eigenvalue weighted by Gasteiger charge is -2.31. The highest BCUT2D eigenvalue weighted by Gasteiger charge is 2.30. The van der Waals surface area contributed by atoms with Gasteiger partial charge in [-0.05, 0) is 39.3 Å². The SMILES string of the molecule is CC(C)(C)N1CC[C@H](Nc2ncnc3ccc(Cl)nc23)C1. The van der Waals surface area contributed by atoms with Crippen molar-refractivity contribution in [2.45, 2.75) is 38.8 Å². The summed E-state index contributed by atoms with van der Waals surface area (Å²) in [7, 11) is 0. The highest BCUT2D eigenvalue weighted by Crippen LogP contribution is 2.25. The molecule has 3 heterocycles. The molecule has 3 rings (SSSR count). The van der Waals surface area contributed by atoms with E-state index in [4.69, 9.17) is 11.6 Å². The van der Waals surface area contributed by atoms with E-state index in [0.717, 1.165) is 36.4 Å². The number of rotatable bonds is 2. The van der Waals surface area contributed by atoms with Crippen LogP contribution in [0.25, 0.3) is 11.0 Å². The molecule has 5 nitrogen and oxygen atoms in total. The first kappa shape index (κ1) is 14.5. The van der Waals surface area contributed by atoms with E-state index >= 15 is 0 Å². The minimum atomic E-state index is 0.200. The Kier molecular flexibility index (Phi) is 3.71. The highest BCUT2D eigenvalue weighted by atomic mass is 35.5. The van der Waals surface area contributed by atoms with Crippen LogP contribution < -0.4 is 5.32 Å². The van der Waals surface area contributed by atoms with Crippen molar-refractivity contribution in [2.75, 3.05) is 18.4 Å². The van der Waals surface area contributed by atoms with Crippen molar-refractivity contribution in [3.05, 3.63) is 23.6 Å². The van der Waals surface area contributed by atoms with Gasteiger partial charge in [0.1, 0.15) is 17.0 Å². The average Bonchev–Trinajstić information content (AvgIpc) is 2.88. The van der Waals surface area contributed by atoms with E-state index in [1.165, 1.54) is 0 Å². The van der Waals surface area contributed by atoms with Crippen LogP contribution >= 0.6 is 11.6 Å². The lowest BCUT2D eigenvalue weighted by atomic mass is 10.1. The molecule has 0 bridgehead atoms. The van der Waals surface area contributed by atoms with Crippen LogP contribution in [0.5, 0.6) is 0 Å². The molecule has 2 aromatic rings. The van der Waals surface area contributed by atoms with Crippen molar-refractivity contribution in [1.29, 1.82) is 0 Å². The van der Waals surface area contributed by atoms with Gasteiger partial charge in [-0.25, -0.2) is 15.0 Å². The minimum Gasteiger partial charge on any atom is -0.364 e. The van der Waals surface area contributed by atoms with Crippen molar-refractivity contribution in [3.8, 4) is 0 Å². The Balaban J connectivity index is 1.81. The van der Waals surface area contributed by atoms with Crippen LogP contribution in [0.1, 0.15) is 27.2 Å². The second-order valence-electron chi connectivity index (χ2n) is 6.47. The van der Waals surface area contributed by atoms with Gasteiger partial charge in [-0.3, -0.25) is 4.90 Å². The molecule has 1 aliphatic rings. The summed E-state index contributed by atoms with van der Waals surface area (Å²) in [6.07, 6.45) is 2.67. The van der Waals surface area contributed by atoms with Gasteiger partial charge in [-0.1, -0.05) is 11.6 Å². The monoisotopic (exact) mass is 305 g/mol. The molecule has 0 spiro atoms. The zero-order valence-corrected chi connectivity index (χ0v) is 13.4. The molecule has 1 saturated heterocycles. The Morgan fingerprint density at radius 1 is 1.29 bits per heavy atom. The minimum absolute atomic E-state index is 0.200. The first-order valence-electron chi connectivity index (χ1n) is 7.22. The van der Waals surface area contributed by atoms with Crippen molar-refractivity contribution in [2.24, 2.45) is 0 Å². The van der Waals surface area contributed by atoms with Crippen LogP contribution in [0.15, 0.2) is 18.5 Å². The van der Waals surface area contributed by atoms with E-state index in [1.54, 1.807) is 12.4 Å². The van der Waals surface area contributed by atoms with Crippen LogP contribution in [0, 0.1) is 0 Å². The standard InChI is InChI=1S/C15H20ClN5/c1-15(2,3)21-7-6-10(8-21)19-14-13-11(17-9-18-14)4-5-12(16)20-13/h4-5,9-10H,6-8H2,1-3H3,(H,17,18,19)/t10-/m0/s1. The third-order valence-electron chi connectivity index (χ3n) is 3.93. The zero-order valence-electron chi connectivity index (χ0n) is 12.6. The number of anilines is 1. The smallest absolute Gasteiger partial charge is 0.156 e. The van der Waals surface area contributed by atoms with Gasteiger partial charge in [0, 0.05) is 24.7 Å². The number of hydrogen-bond acceptors (Lipinski definition) is 5. The Morgan fingerprint density at radius 3 is 2.81 bits per heavy atom. The molecule has 21 heavy (non-hydrogen) atoms. The van der Waals surface area contributed by atoms with E-state index in [1.807, 2.05) is 6.07 Å². The van der Waals surface area contributed by atoms with Gasteiger partial charge in [0.15, 0.2) is 5.82 Å². The van der Waals surface area contributed by atoms with E-state index in [-0.39, 0.29) is 5.54 Å². The summed E-state index contributed by atoms with van der Waals surface area (Å²) >= 11 is 5.99. The van der Waals surface area contributed by atoms with Gasteiger partial charge >= 0.3 is 0 Å². The summed E-state index contributed by atoms with van der Waals surface area (Å²) in [5.41, 5.74) is 1.74. The molecule has 0 saturated carbocycles. The Hall–Kier alpha value is -1.46. The number of nitrogens with one attached hydrogen (secondary N) is 1. The van der Waals surface area contributed by atoms with Crippen molar-refractivity contribution >= 4 is 28.5 Å². The highest BCUT2D eigenvalue weighted by molar-refractivity contribution is 6.29. The second kappa shape index (κ2) is 5.39. The van der Waals surface area contributed by atoms with E-state index in [2.05, 4.69) is 45.9 Å². The van der Waals surface area contributed by atoms with Gasteiger partial charge in [0.25, 0.3) is 0 Å². The average molecular weight is 306 g/mol. The van der Waals surface area contributed by atoms with Crippen LogP contribution in [-0.2, 0) is 0 Å². The molecular formula is C15H20ClN5. The number of halogens is 1. The lowest BCUT2D eigenvalue weighted by molar-refractivity contribution is 0.174. The Labute approximate surface area is 129 Å². The van der Waals surface area contributed by atoms with Crippen molar-refractivity contribution < 1.29 is 0 Å². The molecule has 0 radical (unpaired) electrons. The molecule has 0 unspecified atom stereocenters. The van der Waals surface area contributed by atoms with Gasteiger partial charge in [0.2, 0.25) is 0 Å². The van der Waals surface area contributed by atoms with Crippen LogP contribution in [0.3, 0.4) is 0 Å². The molecule has 2 aromatic heterocycles. The molecule has 1 aliphatic heterocycles. The van der Waals surface area contributed by atoms with Gasteiger partial charge in [-0.15, -0.1) is 0 Å². The summed E-state index contributed by atoms with van der Waals surface area (Å²) in [4.78, 5) is 15.4. The zero-order chi connectivity index (χ0) is 15.0. The quantitative estimate of drug-likeness (QED) is 0.865. The predicted octanol–water partition coefficient (Wildman–Crippen LogP) is 2.96. The molecule has 0 amide bonds. The summed E-state index contributed by atoms with van der Waals surface area (Å²) in [6.45, 7) is 8.85. The molecule has 1 atom stereocenters.